The molecule has 4 aromatic heterocycles. The van der Waals surface area contributed by atoms with E-state index >= 15 is 0 Å². The first-order chi connectivity index (χ1) is 30.8. The number of aromatic nitrogens is 5. The van der Waals surface area contributed by atoms with Gasteiger partial charge in [-0.1, -0.05) is 97.1 Å². The number of para-hydroxylation sites is 2. The zero-order valence-corrected chi connectivity index (χ0v) is 33.6. The maximum atomic E-state index is 4.65. The molecular weight excluding hydrogens is 759 g/mol. The van der Waals surface area contributed by atoms with Crippen molar-refractivity contribution in [1.29, 1.82) is 0 Å². The molecule has 0 aliphatic carbocycles. The van der Waals surface area contributed by atoms with E-state index in [1.54, 1.807) is 12.5 Å². The highest BCUT2D eigenvalue weighted by Gasteiger charge is 2.27. The van der Waals surface area contributed by atoms with E-state index in [0.717, 1.165) is 89.9 Å². The maximum absolute atomic E-state index is 4.65. The largest absolute Gasteiger partial charge is 0.310 e. The van der Waals surface area contributed by atoms with Crippen LogP contribution >= 0.6 is 0 Å². The zero-order valence-electron chi connectivity index (χ0n) is 33.6. The number of pyridine rings is 3. The molecule has 0 atom stereocenters. The minimum atomic E-state index is 0.890. The van der Waals surface area contributed by atoms with Crippen molar-refractivity contribution in [1.82, 2.24) is 24.9 Å². The van der Waals surface area contributed by atoms with Crippen LogP contribution in [0.1, 0.15) is 0 Å². The summed E-state index contributed by atoms with van der Waals surface area (Å²) in [6.45, 7) is 0. The topological polar surface area (TPSA) is 70.9 Å². The second-order valence-corrected chi connectivity index (χ2v) is 14.7. The van der Waals surface area contributed by atoms with Crippen molar-refractivity contribution in [2.45, 2.75) is 0 Å². The van der Waals surface area contributed by atoms with Gasteiger partial charge < -0.3 is 9.80 Å². The minimum Gasteiger partial charge on any atom is -0.310 e. The molecule has 0 fully saturated rings. The van der Waals surface area contributed by atoms with Gasteiger partial charge in [0.1, 0.15) is 6.33 Å². The number of nitrogens with zero attached hydrogens (tertiary/aromatic N) is 7. The molecule has 0 aliphatic heterocycles. The molecule has 0 unspecified atom stereocenters. The Hall–Kier alpha value is -8.55. The molecule has 0 saturated carbocycles. The lowest BCUT2D eigenvalue weighted by Gasteiger charge is -2.34. The van der Waals surface area contributed by atoms with E-state index in [0.29, 0.717) is 0 Å². The average molecular weight is 798 g/mol. The van der Waals surface area contributed by atoms with Crippen LogP contribution in [0.3, 0.4) is 0 Å². The molecule has 10 rings (SSSR count). The molecule has 62 heavy (non-hydrogen) atoms. The molecule has 0 bridgehead atoms. The first kappa shape index (κ1) is 37.7. The summed E-state index contributed by atoms with van der Waals surface area (Å²) in [7, 11) is 0. The first-order valence-electron chi connectivity index (χ1n) is 20.4. The molecule has 0 radical (unpaired) electrons. The van der Waals surface area contributed by atoms with Crippen LogP contribution in [0.25, 0.3) is 55.8 Å². The van der Waals surface area contributed by atoms with Gasteiger partial charge in [-0.05, 0) is 113 Å². The molecule has 0 amide bonds. The van der Waals surface area contributed by atoms with Crippen LogP contribution in [0, 0.1) is 0 Å². The second kappa shape index (κ2) is 17.4. The molecule has 0 spiro atoms. The van der Waals surface area contributed by atoms with Gasteiger partial charge in [-0.25, -0.2) is 9.97 Å². The SMILES string of the molecule is c1ccc(N(c2ccc(-c3ccccn3)cc2)c2cc(-c3cncnc3)cc(N(c3ccccc3)c3cccc(-c4cccnc4)c3)c2-c2cccc(-c3cccnc3)c2)cc1. The lowest BCUT2D eigenvalue weighted by atomic mass is 9.92. The minimum absolute atomic E-state index is 0.890. The van der Waals surface area contributed by atoms with Gasteiger partial charge in [-0.2, -0.15) is 0 Å². The molecule has 7 heteroatoms. The maximum Gasteiger partial charge on any atom is 0.115 e. The smallest absolute Gasteiger partial charge is 0.115 e. The van der Waals surface area contributed by atoms with E-state index in [9.17, 15) is 0 Å². The molecule has 0 aliphatic rings. The molecule has 7 nitrogen and oxygen atoms in total. The molecule has 294 valence electrons. The Balaban J connectivity index is 1.30. The van der Waals surface area contributed by atoms with Crippen LogP contribution in [0.15, 0.2) is 238 Å². The highest BCUT2D eigenvalue weighted by Crippen LogP contribution is 2.51. The Morgan fingerprint density at radius 2 is 0.806 bits per heavy atom. The van der Waals surface area contributed by atoms with Crippen molar-refractivity contribution in [3.63, 3.8) is 0 Å². The number of anilines is 6. The number of benzene rings is 6. The Morgan fingerprint density at radius 3 is 1.40 bits per heavy atom. The van der Waals surface area contributed by atoms with Gasteiger partial charge in [0.2, 0.25) is 0 Å². The highest BCUT2D eigenvalue weighted by atomic mass is 15.2. The van der Waals surface area contributed by atoms with E-state index in [-0.39, 0.29) is 0 Å². The number of hydrogen-bond donors (Lipinski definition) is 0. The first-order valence-corrected chi connectivity index (χ1v) is 20.4. The van der Waals surface area contributed by atoms with Gasteiger partial charge in [-0.15, -0.1) is 0 Å². The van der Waals surface area contributed by atoms with E-state index in [1.165, 1.54) is 0 Å². The number of hydrogen-bond acceptors (Lipinski definition) is 7. The van der Waals surface area contributed by atoms with E-state index < -0.39 is 0 Å². The second-order valence-electron chi connectivity index (χ2n) is 14.7. The summed E-state index contributed by atoms with van der Waals surface area (Å²) in [5.74, 6) is 0. The average Bonchev–Trinajstić information content (AvgIpc) is 3.36. The van der Waals surface area contributed by atoms with Gasteiger partial charge in [0.05, 0.1) is 17.1 Å². The van der Waals surface area contributed by atoms with Crippen LogP contribution in [-0.4, -0.2) is 24.9 Å². The van der Waals surface area contributed by atoms with E-state index in [4.69, 9.17) is 0 Å². The summed E-state index contributed by atoms with van der Waals surface area (Å²) in [6.07, 6.45) is 14.6. The lowest BCUT2D eigenvalue weighted by molar-refractivity contribution is 1.17. The van der Waals surface area contributed by atoms with Crippen molar-refractivity contribution in [3.05, 3.63) is 238 Å². The van der Waals surface area contributed by atoms with Crippen LogP contribution in [-0.2, 0) is 0 Å². The standard InChI is InChI=1S/C55H39N7/c1-3-18-48(19-4-1)61(50-26-24-40(25-27-50)52-23-7-8-30-60-52)53-33-46(47-37-58-39-59-38-47)34-54(55(53)43-15-9-13-41(31-43)44-16-11-28-56-35-44)62(49-20-5-2-6-21-49)51-22-10-14-42(32-51)45-17-12-29-57-36-45/h1-39H. The predicted octanol–water partition coefficient (Wildman–Crippen LogP) is 13.9. The van der Waals surface area contributed by atoms with E-state index in [2.05, 4.69) is 192 Å². The summed E-state index contributed by atoms with van der Waals surface area (Å²) in [6, 6.07) is 65.9. The third kappa shape index (κ3) is 7.81. The van der Waals surface area contributed by atoms with Gasteiger partial charge in [0.25, 0.3) is 0 Å². The third-order valence-corrected chi connectivity index (χ3v) is 10.8. The Kier molecular flexibility index (Phi) is 10.6. The quantitative estimate of drug-likeness (QED) is 0.129. The molecule has 4 heterocycles. The molecular formula is C55H39N7. The van der Waals surface area contributed by atoms with Crippen LogP contribution in [0.4, 0.5) is 34.1 Å². The summed E-state index contributed by atoms with van der Waals surface area (Å²) in [5.41, 5.74) is 15.9. The summed E-state index contributed by atoms with van der Waals surface area (Å²) < 4.78 is 0. The van der Waals surface area contributed by atoms with Crippen LogP contribution in [0.2, 0.25) is 0 Å². The predicted molar refractivity (Wildman–Crippen MR) is 252 cm³/mol. The Morgan fingerprint density at radius 1 is 0.290 bits per heavy atom. The van der Waals surface area contributed by atoms with Crippen molar-refractivity contribution >= 4 is 34.1 Å². The van der Waals surface area contributed by atoms with Crippen molar-refractivity contribution in [2.24, 2.45) is 0 Å². The zero-order chi connectivity index (χ0) is 41.5. The van der Waals surface area contributed by atoms with Crippen molar-refractivity contribution in [3.8, 4) is 55.8 Å². The normalized spacial score (nSPS) is 10.9. The summed E-state index contributed by atoms with van der Waals surface area (Å²) in [5, 5.41) is 0. The monoisotopic (exact) mass is 797 g/mol. The van der Waals surface area contributed by atoms with Crippen LogP contribution < -0.4 is 9.80 Å². The number of rotatable bonds is 11. The molecule has 6 aromatic carbocycles. The fourth-order valence-electron chi connectivity index (χ4n) is 7.94. The fraction of sp³-hybridized carbons (Fsp3) is 0. The summed E-state index contributed by atoms with van der Waals surface area (Å²) >= 11 is 0. The van der Waals surface area contributed by atoms with Gasteiger partial charge >= 0.3 is 0 Å². The Labute approximate surface area is 361 Å². The fourth-order valence-corrected chi connectivity index (χ4v) is 7.94. The van der Waals surface area contributed by atoms with Crippen molar-refractivity contribution < 1.29 is 0 Å². The molecule has 0 N–H and O–H groups in total. The Bertz CT molecular complexity index is 3040. The van der Waals surface area contributed by atoms with Gasteiger partial charge in [0, 0.05) is 93.9 Å². The third-order valence-electron chi connectivity index (χ3n) is 10.8. The molecule has 0 saturated heterocycles. The highest BCUT2D eigenvalue weighted by molar-refractivity contribution is 6.02. The van der Waals surface area contributed by atoms with E-state index in [1.807, 2.05) is 67.5 Å². The van der Waals surface area contributed by atoms with Crippen molar-refractivity contribution in [2.75, 3.05) is 9.80 Å². The van der Waals surface area contributed by atoms with Gasteiger partial charge in [-0.3, -0.25) is 15.0 Å². The van der Waals surface area contributed by atoms with Crippen LogP contribution in [0.5, 0.6) is 0 Å². The summed E-state index contributed by atoms with van der Waals surface area (Å²) in [4.78, 5) is 27.3. The molecule has 10 aromatic rings. The lowest BCUT2D eigenvalue weighted by Crippen LogP contribution is -2.16. The van der Waals surface area contributed by atoms with Gasteiger partial charge in [0.15, 0.2) is 0 Å².